The number of fused-ring (bicyclic) bond motifs is 1. The van der Waals surface area contributed by atoms with Gasteiger partial charge in [-0.25, -0.2) is 13.4 Å². The van der Waals surface area contributed by atoms with Crippen molar-refractivity contribution in [3.63, 3.8) is 0 Å². The minimum atomic E-state index is -4.04. The molecule has 4 atom stereocenters. The predicted molar refractivity (Wildman–Crippen MR) is 175 cm³/mol. The van der Waals surface area contributed by atoms with Gasteiger partial charge in [0, 0.05) is 51.6 Å². The number of likely N-dealkylation sites (N-methyl/N-ethyl adjacent to an activating group) is 1. The second-order valence-electron chi connectivity index (χ2n) is 11.7. The first-order valence-corrected chi connectivity index (χ1v) is 18.9. The Kier molecular flexibility index (Phi) is 11.9. The van der Waals surface area contributed by atoms with Gasteiger partial charge in [0.25, 0.3) is 26.0 Å². The number of hydrogen-bond donors (Lipinski definition) is 2. The summed E-state index contributed by atoms with van der Waals surface area (Å²) in [5.74, 6) is -0.548. The summed E-state index contributed by atoms with van der Waals surface area (Å²) in [6.45, 7) is 5.71. The number of amides is 1. The summed E-state index contributed by atoms with van der Waals surface area (Å²) in [7, 11) is -4.61. The van der Waals surface area contributed by atoms with E-state index in [2.05, 4.69) is 9.71 Å². The molecule has 0 bridgehead atoms. The third-order valence-electron chi connectivity index (χ3n) is 7.86. The van der Waals surface area contributed by atoms with E-state index in [9.17, 15) is 26.7 Å². The highest BCUT2D eigenvalue weighted by molar-refractivity contribution is 7.92. The number of carbonyl (C=O) groups is 1. The molecule has 1 aromatic carbocycles. The Morgan fingerprint density at radius 3 is 2.61 bits per heavy atom. The number of sulfonamides is 2. The molecular formula is C30H43N5O8S3. The van der Waals surface area contributed by atoms with Crippen LogP contribution in [0, 0.1) is 5.92 Å². The molecule has 1 aliphatic heterocycles. The number of anilines is 1. The number of benzene rings is 1. The third-order valence-corrected chi connectivity index (χ3v) is 12.3. The molecule has 0 fully saturated rings. The topological polar surface area (TPSA) is 160 Å². The molecule has 1 amide bonds. The van der Waals surface area contributed by atoms with Crippen LogP contribution < -0.4 is 9.46 Å². The fourth-order valence-electron chi connectivity index (χ4n) is 5.10. The second-order valence-corrected chi connectivity index (χ2v) is 16.6. The maximum Gasteiger partial charge on any atom is 0.280 e. The van der Waals surface area contributed by atoms with Gasteiger partial charge in [-0.05, 0) is 62.8 Å². The van der Waals surface area contributed by atoms with Crippen molar-refractivity contribution < 1.29 is 36.2 Å². The summed E-state index contributed by atoms with van der Waals surface area (Å²) in [6, 6.07) is 7.13. The lowest BCUT2D eigenvalue weighted by Crippen LogP contribution is -2.48. The van der Waals surface area contributed by atoms with E-state index in [4.69, 9.17) is 9.47 Å². The quantitative estimate of drug-likeness (QED) is 0.342. The summed E-state index contributed by atoms with van der Waals surface area (Å²) in [5.41, 5.74) is 0.258. The van der Waals surface area contributed by atoms with Crippen molar-refractivity contribution in [1.82, 2.24) is 18.8 Å². The number of carbonyl (C=O) groups excluding carboxylic acids is 1. The van der Waals surface area contributed by atoms with Gasteiger partial charge in [-0.3, -0.25) is 9.52 Å². The Hall–Kier alpha value is -3.02. The van der Waals surface area contributed by atoms with Gasteiger partial charge in [-0.2, -0.15) is 12.7 Å². The van der Waals surface area contributed by atoms with Crippen molar-refractivity contribution >= 4 is 43.0 Å². The standard InChI is InChI=1S/C30H43N5O8S3/c1-21-16-35(22(2)19-36)30(37)25-15-24(32-45(38,39)28-18-33(4)20-31-28)11-12-26(25)43-23(3)9-6-7-13-42-27(21)17-34(5)46(40,41)29-10-8-14-44-29/h8,10-12,14-15,18,20-23,27,32,36H,6-7,9,13,16-17,19H2,1-5H3/t21-,22-,23+,27+/m0/s1. The van der Waals surface area contributed by atoms with Gasteiger partial charge < -0.3 is 24.0 Å². The van der Waals surface area contributed by atoms with Gasteiger partial charge in [0.15, 0.2) is 5.03 Å². The number of nitrogens with zero attached hydrogens (tertiary/aromatic N) is 4. The molecule has 1 aliphatic rings. The van der Waals surface area contributed by atoms with E-state index < -0.39 is 38.1 Å². The number of ether oxygens (including phenoxy) is 2. The third kappa shape index (κ3) is 8.66. The number of aromatic nitrogens is 2. The number of aryl methyl sites for hydroxylation is 1. The Bertz CT molecular complexity index is 1680. The average Bonchev–Trinajstić information content (AvgIpc) is 3.71. The number of aliphatic hydroxyl groups is 1. The zero-order chi connectivity index (χ0) is 33.6. The van der Waals surface area contributed by atoms with Gasteiger partial charge in [-0.15, -0.1) is 11.3 Å². The Labute approximate surface area is 275 Å². The zero-order valence-electron chi connectivity index (χ0n) is 26.7. The molecule has 254 valence electrons. The van der Waals surface area contributed by atoms with Crippen LogP contribution in [0.2, 0.25) is 0 Å². The van der Waals surface area contributed by atoms with Crippen molar-refractivity contribution in [3.05, 3.63) is 53.8 Å². The van der Waals surface area contributed by atoms with E-state index in [1.54, 1.807) is 37.6 Å². The molecule has 13 nitrogen and oxygen atoms in total. The molecule has 0 saturated heterocycles. The molecule has 0 aliphatic carbocycles. The average molecular weight is 698 g/mol. The maximum absolute atomic E-state index is 14.3. The monoisotopic (exact) mass is 697 g/mol. The summed E-state index contributed by atoms with van der Waals surface area (Å²) < 4.78 is 70.5. The van der Waals surface area contributed by atoms with Crippen LogP contribution in [0.25, 0.3) is 0 Å². The number of hydrogen-bond acceptors (Lipinski definition) is 10. The van der Waals surface area contributed by atoms with Crippen LogP contribution in [0.15, 0.2) is 57.5 Å². The largest absolute Gasteiger partial charge is 0.490 e. The van der Waals surface area contributed by atoms with Gasteiger partial charge in [0.1, 0.15) is 9.96 Å². The van der Waals surface area contributed by atoms with E-state index in [0.29, 0.717) is 13.0 Å². The van der Waals surface area contributed by atoms with Crippen LogP contribution in [0.5, 0.6) is 5.75 Å². The smallest absolute Gasteiger partial charge is 0.280 e. The van der Waals surface area contributed by atoms with E-state index in [0.717, 1.165) is 24.2 Å². The van der Waals surface area contributed by atoms with Crippen LogP contribution in [-0.4, -0.2) is 98.2 Å². The lowest BCUT2D eigenvalue weighted by molar-refractivity contribution is -0.00832. The predicted octanol–water partition coefficient (Wildman–Crippen LogP) is 3.40. The lowest BCUT2D eigenvalue weighted by atomic mass is 10.0. The minimum absolute atomic E-state index is 0.0620. The molecule has 4 rings (SSSR count). The Morgan fingerprint density at radius 2 is 1.96 bits per heavy atom. The highest BCUT2D eigenvalue weighted by Gasteiger charge is 2.33. The summed E-state index contributed by atoms with van der Waals surface area (Å²) in [6.07, 6.45) is 4.05. The molecule has 46 heavy (non-hydrogen) atoms. The second kappa shape index (κ2) is 15.3. The number of imidazole rings is 1. The first kappa shape index (κ1) is 35.8. The van der Waals surface area contributed by atoms with Crippen molar-refractivity contribution in [2.24, 2.45) is 13.0 Å². The maximum atomic E-state index is 14.3. The van der Waals surface area contributed by atoms with Crippen molar-refractivity contribution in [2.75, 3.05) is 38.1 Å². The van der Waals surface area contributed by atoms with Crippen LogP contribution in [0.3, 0.4) is 0 Å². The molecule has 16 heteroatoms. The number of thiophene rings is 1. The fraction of sp³-hybridized carbons (Fsp3) is 0.533. The lowest BCUT2D eigenvalue weighted by Gasteiger charge is -2.35. The van der Waals surface area contributed by atoms with E-state index in [1.807, 2.05) is 13.8 Å². The van der Waals surface area contributed by atoms with Crippen molar-refractivity contribution in [1.29, 1.82) is 0 Å². The summed E-state index contributed by atoms with van der Waals surface area (Å²) in [5, 5.41) is 11.7. The van der Waals surface area contributed by atoms with Crippen molar-refractivity contribution in [3.8, 4) is 5.75 Å². The SMILES string of the molecule is C[C@@H]1CCCCO[C@H](CN(C)S(=O)(=O)c2cccs2)[C@@H](C)CN([C@@H](C)CO)C(=O)c2cc(NS(=O)(=O)c3cn(C)cn3)ccc2O1. The molecular weight excluding hydrogens is 655 g/mol. The molecule has 0 radical (unpaired) electrons. The molecule has 0 unspecified atom stereocenters. The fourth-order valence-corrected chi connectivity index (χ4v) is 8.52. The van der Waals surface area contributed by atoms with Crippen LogP contribution >= 0.6 is 11.3 Å². The highest BCUT2D eigenvalue weighted by atomic mass is 32.2. The van der Waals surface area contributed by atoms with Crippen molar-refractivity contribution in [2.45, 2.75) is 67.5 Å². The van der Waals surface area contributed by atoms with E-state index >= 15 is 0 Å². The summed E-state index contributed by atoms with van der Waals surface area (Å²) >= 11 is 1.14. The zero-order valence-corrected chi connectivity index (χ0v) is 29.1. The van der Waals surface area contributed by atoms with Gasteiger partial charge in [0.2, 0.25) is 0 Å². The number of aliphatic hydroxyl groups excluding tert-OH is 1. The Balaban J connectivity index is 1.68. The normalized spacial score (nSPS) is 21.3. The number of nitrogens with one attached hydrogen (secondary N) is 1. The molecule has 0 spiro atoms. The molecule has 2 N–H and O–H groups in total. The van der Waals surface area contributed by atoms with Gasteiger partial charge >= 0.3 is 0 Å². The first-order valence-electron chi connectivity index (χ1n) is 15.1. The van der Waals surface area contributed by atoms with E-state index in [-0.39, 0.29) is 58.0 Å². The first-order chi connectivity index (χ1) is 21.7. The molecule has 2 aromatic heterocycles. The van der Waals surface area contributed by atoms with Crippen LogP contribution in [0.1, 0.15) is 50.4 Å². The van der Waals surface area contributed by atoms with Crippen LogP contribution in [-0.2, 0) is 31.8 Å². The van der Waals surface area contributed by atoms with Gasteiger partial charge in [0.05, 0.1) is 36.7 Å². The number of rotatable bonds is 9. The van der Waals surface area contributed by atoms with E-state index in [1.165, 1.54) is 45.5 Å². The Morgan fingerprint density at radius 1 is 1.20 bits per heavy atom. The van der Waals surface area contributed by atoms with Gasteiger partial charge in [-0.1, -0.05) is 13.0 Å². The summed E-state index contributed by atoms with van der Waals surface area (Å²) in [4.78, 5) is 19.7. The molecule has 3 heterocycles. The minimum Gasteiger partial charge on any atom is -0.490 e. The molecule has 3 aromatic rings. The van der Waals surface area contributed by atoms with Crippen LogP contribution in [0.4, 0.5) is 5.69 Å². The highest BCUT2D eigenvalue weighted by Crippen LogP contribution is 2.30. The molecule has 0 saturated carbocycles.